The molecule has 0 amide bonds. The topological polar surface area (TPSA) is 39.8 Å². The van der Waals surface area contributed by atoms with Gasteiger partial charge in [-0.15, -0.1) is 0 Å². The van der Waals surface area contributed by atoms with Crippen LogP contribution in [0.5, 0.6) is 0 Å². The fourth-order valence-electron chi connectivity index (χ4n) is 1.85. The molecule has 3 rings (SSSR count). The van der Waals surface area contributed by atoms with Crippen molar-refractivity contribution in [2.45, 2.75) is 0 Å². The van der Waals surface area contributed by atoms with Crippen molar-refractivity contribution >= 4 is 53.7 Å². The van der Waals surface area contributed by atoms with E-state index in [2.05, 4.69) is 37.0 Å². The van der Waals surface area contributed by atoms with Gasteiger partial charge in [0.15, 0.2) is 0 Å². The summed E-state index contributed by atoms with van der Waals surface area (Å²) in [6.45, 7) is 0. The monoisotopic (exact) mass is 352 g/mol. The van der Waals surface area contributed by atoms with Crippen LogP contribution in [0.15, 0.2) is 45.3 Å². The van der Waals surface area contributed by atoms with E-state index in [1.54, 1.807) is 6.07 Å². The normalized spacial score (nSPS) is 11.2. The van der Waals surface area contributed by atoms with Gasteiger partial charge >= 0.3 is 0 Å². The Morgan fingerprint density at radius 1 is 0.941 bits per heavy atom. The Hall–Kier alpha value is -1.20. The number of hydrogen-bond acceptors (Lipinski definition) is 2. The smallest absolute Gasteiger partial charge is 0.252 e. The molecule has 0 aliphatic heterocycles. The lowest BCUT2D eigenvalue weighted by atomic mass is 10.1. The van der Waals surface area contributed by atoms with Crippen molar-refractivity contribution < 1.29 is 4.85 Å². The third kappa shape index (κ3) is 1.79. The molecule has 0 N–H and O–H groups in total. The third-order valence-corrected chi connectivity index (χ3v) is 3.60. The van der Waals surface area contributed by atoms with Crippen LogP contribution in [0.1, 0.15) is 0 Å². The standard InChI is InChI=1S/C12H6Br2N2O/c13-7-1-3-11-9(5-7)10-6-8(14)2-4-12(10)16(17)15-11/h1-6H. The molecule has 5 heteroatoms. The molecule has 1 heterocycles. The van der Waals surface area contributed by atoms with Crippen LogP contribution >= 0.6 is 31.9 Å². The highest BCUT2D eigenvalue weighted by molar-refractivity contribution is 9.10. The van der Waals surface area contributed by atoms with Gasteiger partial charge in [-0.2, -0.15) is 0 Å². The Morgan fingerprint density at radius 3 is 2.35 bits per heavy atom. The van der Waals surface area contributed by atoms with Gasteiger partial charge in [-0.05, 0) is 35.2 Å². The van der Waals surface area contributed by atoms with Gasteiger partial charge < -0.3 is 5.21 Å². The molecule has 0 aliphatic carbocycles. The molecule has 0 atom stereocenters. The van der Waals surface area contributed by atoms with E-state index in [1.807, 2.05) is 30.3 Å². The molecule has 0 unspecified atom stereocenters. The number of aromatic nitrogens is 2. The second-order valence-corrected chi connectivity index (χ2v) is 5.53. The molecular formula is C12H6Br2N2O. The first-order chi connectivity index (χ1) is 8.15. The molecule has 3 nitrogen and oxygen atoms in total. The van der Waals surface area contributed by atoms with Crippen molar-refractivity contribution in [3.05, 3.63) is 50.6 Å². The average Bonchev–Trinajstić information content (AvgIpc) is 2.30. The minimum absolute atomic E-state index is 0.568. The summed E-state index contributed by atoms with van der Waals surface area (Å²) in [6, 6.07) is 11.2. The average molecular weight is 354 g/mol. The molecule has 2 aromatic carbocycles. The summed E-state index contributed by atoms with van der Waals surface area (Å²) in [7, 11) is 0. The fourth-order valence-corrected chi connectivity index (χ4v) is 2.58. The van der Waals surface area contributed by atoms with Crippen LogP contribution in [0.3, 0.4) is 0 Å². The fraction of sp³-hybridized carbons (Fsp3) is 0. The first kappa shape index (κ1) is 10.9. The van der Waals surface area contributed by atoms with E-state index in [9.17, 15) is 5.21 Å². The van der Waals surface area contributed by atoms with E-state index in [4.69, 9.17) is 0 Å². The molecule has 0 spiro atoms. The molecule has 84 valence electrons. The predicted molar refractivity (Wildman–Crippen MR) is 73.6 cm³/mol. The molecule has 0 saturated carbocycles. The molecule has 0 bridgehead atoms. The second-order valence-electron chi connectivity index (χ2n) is 3.70. The minimum Gasteiger partial charge on any atom is -0.594 e. The zero-order valence-corrected chi connectivity index (χ0v) is 11.7. The van der Waals surface area contributed by atoms with Crippen LogP contribution in [0.25, 0.3) is 21.8 Å². The molecule has 0 saturated heterocycles. The summed E-state index contributed by atoms with van der Waals surface area (Å²) in [5, 5.41) is 17.6. The summed E-state index contributed by atoms with van der Waals surface area (Å²) in [4.78, 5) is 0.665. The molecular weight excluding hydrogens is 348 g/mol. The lowest BCUT2D eigenvalue weighted by molar-refractivity contribution is -0.639. The molecule has 0 fully saturated rings. The van der Waals surface area contributed by atoms with Gasteiger partial charge in [0.25, 0.3) is 5.52 Å². The van der Waals surface area contributed by atoms with Gasteiger partial charge in [-0.1, -0.05) is 31.9 Å². The van der Waals surface area contributed by atoms with E-state index in [0.29, 0.717) is 15.9 Å². The maximum absolute atomic E-state index is 11.8. The van der Waals surface area contributed by atoms with Gasteiger partial charge in [0.1, 0.15) is 5.52 Å². The minimum atomic E-state index is 0.568. The van der Waals surface area contributed by atoms with E-state index < -0.39 is 0 Å². The van der Waals surface area contributed by atoms with Crippen molar-refractivity contribution in [3.8, 4) is 0 Å². The van der Waals surface area contributed by atoms with E-state index in [1.165, 1.54) is 0 Å². The molecule has 0 radical (unpaired) electrons. The van der Waals surface area contributed by atoms with E-state index in [0.717, 1.165) is 19.7 Å². The van der Waals surface area contributed by atoms with Crippen molar-refractivity contribution in [1.82, 2.24) is 5.10 Å². The molecule has 3 aromatic rings. The number of benzene rings is 2. The lowest BCUT2D eigenvalue weighted by Crippen LogP contribution is -2.31. The summed E-state index contributed by atoms with van der Waals surface area (Å²) in [5.41, 5.74) is 1.26. The highest BCUT2D eigenvalue weighted by Crippen LogP contribution is 2.26. The number of halogens is 2. The van der Waals surface area contributed by atoms with Gasteiger partial charge in [0.05, 0.1) is 5.39 Å². The third-order valence-electron chi connectivity index (χ3n) is 2.61. The Bertz CT molecular complexity index is 743. The van der Waals surface area contributed by atoms with Crippen LogP contribution < -0.4 is 4.85 Å². The number of rotatable bonds is 0. The Kier molecular flexibility index (Phi) is 2.52. The van der Waals surface area contributed by atoms with Crippen LogP contribution in [0, 0.1) is 5.21 Å². The van der Waals surface area contributed by atoms with Crippen molar-refractivity contribution in [2.75, 3.05) is 0 Å². The Labute approximate surface area is 114 Å². The number of fused-ring (bicyclic) bond motifs is 3. The van der Waals surface area contributed by atoms with Gasteiger partial charge in [0, 0.05) is 25.5 Å². The van der Waals surface area contributed by atoms with Crippen molar-refractivity contribution in [2.24, 2.45) is 0 Å². The summed E-state index contributed by atoms with van der Waals surface area (Å²) >= 11 is 6.85. The van der Waals surface area contributed by atoms with Crippen molar-refractivity contribution in [3.63, 3.8) is 0 Å². The zero-order chi connectivity index (χ0) is 12.0. The first-order valence-corrected chi connectivity index (χ1v) is 6.52. The van der Waals surface area contributed by atoms with Gasteiger partial charge in [-0.25, -0.2) is 0 Å². The highest BCUT2D eigenvalue weighted by atomic mass is 79.9. The van der Waals surface area contributed by atoms with Gasteiger partial charge in [0.2, 0.25) is 0 Å². The quantitative estimate of drug-likeness (QED) is 0.352. The number of hydrogen-bond donors (Lipinski definition) is 0. The highest BCUT2D eigenvalue weighted by Gasteiger charge is 2.11. The second kappa shape index (κ2) is 3.92. The first-order valence-electron chi connectivity index (χ1n) is 4.93. The van der Waals surface area contributed by atoms with Crippen LogP contribution in [-0.2, 0) is 0 Å². The van der Waals surface area contributed by atoms with E-state index in [-0.39, 0.29) is 0 Å². The van der Waals surface area contributed by atoms with Crippen LogP contribution in [-0.4, -0.2) is 5.10 Å². The maximum Gasteiger partial charge on any atom is 0.252 e. The zero-order valence-electron chi connectivity index (χ0n) is 8.52. The SMILES string of the molecule is [O-][n+]1nc2ccc(Br)cc2c2cc(Br)ccc21. The van der Waals surface area contributed by atoms with E-state index >= 15 is 0 Å². The largest absolute Gasteiger partial charge is 0.594 e. The molecule has 0 aliphatic rings. The molecule has 17 heavy (non-hydrogen) atoms. The lowest BCUT2D eigenvalue weighted by Gasteiger charge is -2.04. The van der Waals surface area contributed by atoms with Crippen molar-refractivity contribution in [1.29, 1.82) is 0 Å². The molecule has 1 aromatic heterocycles. The summed E-state index contributed by atoms with van der Waals surface area (Å²) < 4.78 is 1.91. The summed E-state index contributed by atoms with van der Waals surface area (Å²) in [5.74, 6) is 0. The Morgan fingerprint density at radius 2 is 1.59 bits per heavy atom. The number of nitrogens with zero attached hydrogens (tertiary/aromatic N) is 2. The maximum atomic E-state index is 11.8. The van der Waals surface area contributed by atoms with Gasteiger partial charge in [-0.3, -0.25) is 0 Å². The predicted octanol–water partition coefficient (Wildman–Crippen LogP) is 3.55. The Balaban J connectivity index is 2.59. The van der Waals surface area contributed by atoms with Crippen LogP contribution in [0.4, 0.5) is 0 Å². The van der Waals surface area contributed by atoms with Crippen LogP contribution in [0.2, 0.25) is 0 Å². The summed E-state index contributed by atoms with van der Waals surface area (Å²) in [6.07, 6.45) is 0.